The number of benzene rings is 1. The summed E-state index contributed by atoms with van der Waals surface area (Å²) in [5, 5.41) is 0.576. The lowest BCUT2D eigenvalue weighted by molar-refractivity contribution is 0.0989. The zero-order valence-corrected chi connectivity index (χ0v) is 11.2. The molecule has 1 heterocycles. The van der Waals surface area contributed by atoms with Gasteiger partial charge in [-0.25, -0.2) is 0 Å². The zero-order valence-electron chi connectivity index (χ0n) is 9.60. The van der Waals surface area contributed by atoms with E-state index in [2.05, 4.69) is 6.92 Å². The van der Waals surface area contributed by atoms with E-state index in [1.54, 1.807) is 0 Å². The average molecular weight is 252 g/mol. The van der Waals surface area contributed by atoms with Crippen molar-refractivity contribution >= 4 is 29.3 Å². The number of ketones is 1. The summed E-state index contributed by atoms with van der Waals surface area (Å²) in [4.78, 5) is 12.3. The van der Waals surface area contributed by atoms with Crippen molar-refractivity contribution in [1.29, 1.82) is 0 Å². The smallest absolute Gasteiger partial charge is 0.176 e. The molecule has 0 N–H and O–H groups in total. The van der Waals surface area contributed by atoms with E-state index >= 15 is 0 Å². The van der Waals surface area contributed by atoms with Crippen LogP contribution in [-0.4, -0.2) is 27.8 Å². The largest absolute Gasteiger partial charge is 0.293 e. The Hall–Kier alpha value is -0.410. The van der Waals surface area contributed by atoms with Crippen molar-refractivity contribution in [2.75, 3.05) is 11.5 Å². The summed E-state index contributed by atoms with van der Waals surface area (Å²) >= 11 is 3.72. The van der Waals surface area contributed by atoms with Gasteiger partial charge < -0.3 is 0 Å². The molecule has 2 rings (SSSR count). The van der Waals surface area contributed by atoms with Crippen molar-refractivity contribution in [1.82, 2.24) is 0 Å². The van der Waals surface area contributed by atoms with E-state index in [9.17, 15) is 4.79 Å². The van der Waals surface area contributed by atoms with Crippen molar-refractivity contribution in [3.63, 3.8) is 0 Å². The minimum atomic E-state index is 0.139. The van der Waals surface area contributed by atoms with Gasteiger partial charge in [0.05, 0.1) is 5.25 Å². The fraction of sp³-hybridized carbons (Fsp3) is 0.462. The van der Waals surface area contributed by atoms with Gasteiger partial charge in [-0.3, -0.25) is 4.79 Å². The maximum Gasteiger partial charge on any atom is 0.176 e. The number of thioether (sulfide) groups is 2. The molecule has 0 aromatic heterocycles. The standard InChI is InChI=1S/C13H16OS2/c1-9-4-3-5-11(8-9)12(14)13-10(2)15-6-7-16-13/h3-5,8,10,13H,6-7H2,1-2H3. The zero-order chi connectivity index (χ0) is 11.5. The van der Waals surface area contributed by atoms with E-state index in [1.807, 2.05) is 54.7 Å². The fourth-order valence-electron chi connectivity index (χ4n) is 1.88. The number of rotatable bonds is 2. The first-order chi connectivity index (χ1) is 7.68. The highest BCUT2D eigenvalue weighted by molar-refractivity contribution is 8.07. The second kappa shape index (κ2) is 5.28. The molecule has 86 valence electrons. The van der Waals surface area contributed by atoms with Gasteiger partial charge in [0.2, 0.25) is 0 Å². The van der Waals surface area contributed by atoms with Crippen LogP contribution in [0.4, 0.5) is 0 Å². The van der Waals surface area contributed by atoms with E-state index in [0.717, 1.165) is 16.9 Å². The summed E-state index contributed by atoms with van der Waals surface area (Å²) in [7, 11) is 0. The molecule has 0 bridgehead atoms. The summed E-state index contributed by atoms with van der Waals surface area (Å²) in [6, 6.07) is 7.92. The van der Waals surface area contributed by atoms with E-state index < -0.39 is 0 Å². The van der Waals surface area contributed by atoms with Crippen LogP contribution in [0.1, 0.15) is 22.8 Å². The minimum Gasteiger partial charge on any atom is -0.293 e. The van der Waals surface area contributed by atoms with Gasteiger partial charge in [0.1, 0.15) is 0 Å². The molecule has 0 radical (unpaired) electrons. The van der Waals surface area contributed by atoms with Crippen LogP contribution in [0.5, 0.6) is 0 Å². The van der Waals surface area contributed by atoms with Crippen LogP contribution in [0.3, 0.4) is 0 Å². The van der Waals surface area contributed by atoms with E-state index in [1.165, 1.54) is 5.75 Å². The molecular formula is C13H16OS2. The Morgan fingerprint density at radius 1 is 1.31 bits per heavy atom. The van der Waals surface area contributed by atoms with Crippen LogP contribution < -0.4 is 0 Å². The number of carbonyl (C=O) groups excluding carboxylic acids is 1. The van der Waals surface area contributed by atoms with E-state index in [0.29, 0.717) is 11.0 Å². The first-order valence-corrected chi connectivity index (χ1v) is 7.62. The van der Waals surface area contributed by atoms with Crippen LogP contribution in [0.25, 0.3) is 0 Å². The topological polar surface area (TPSA) is 17.1 Å². The van der Waals surface area contributed by atoms with Crippen LogP contribution >= 0.6 is 23.5 Å². The van der Waals surface area contributed by atoms with Gasteiger partial charge in [-0.05, 0) is 13.0 Å². The maximum absolute atomic E-state index is 12.3. The lowest BCUT2D eigenvalue weighted by atomic mass is 10.0. The number of Topliss-reactive ketones (excluding diaryl/α,β-unsaturated/α-hetero) is 1. The monoisotopic (exact) mass is 252 g/mol. The van der Waals surface area contributed by atoms with Gasteiger partial charge in [0.25, 0.3) is 0 Å². The second-order valence-corrected chi connectivity index (χ2v) is 6.84. The molecule has 1 aromatic rings. The second-order valence-electron chi connectivity index (χ2n) is 4.10. The predicted octanol–water partition coefficient (Wildman–Crippen LogP) is 3.41. The van der Waals surface area contributed by atoms with Gasteiger partial charge in [0.15, 0.2) is 5.78 Å². The highest BCUT2D eigenvalue weighted by atomic mass is 32.2. The third kappa shape index (κ3) is 2.64. The minimum absolute atomic E-state index is 0.139. The van der Waals surface area contributed by atoms with Crippen molar-refractivity contribution in [3.8, 4) is 0 Å². The Kier molecular flexibility index (Phi) is 3.98. The first kappa shape index (κ1) is 12.1. The molecule has 0 spiro atoms. The van der Waals surface area contributed by atoms with Gasteiger partial charge in [-0.15, -0.1) is 11.8 Å². The summed E-state index contributed by atoms with van der Waals surface area (Å²) < 4.78 is 0. The maximum atomic E-state index is 12.3. The summed E-state index contributed by atoms with van der Waals surface area (Å²) in [5.74, 6) is 2.56. The molecule has 3 heteroatoms. The number of hydrogen-bond acceptors (Lipinski definition) is 3. The van der Waals surface area contributed by atoms with Crippen LogP contribution in [0, 0.1) is 6.92 Å². The molecule has 1 aliphatic heterocycles. The molecule has 16 heavy (non-hydrogen) atoms. The molecular weight excluding hydrogens is 236 g/mol. The summed E-state index contributed by atoms with van der Waals surface area (Å²) in [6.45, 7) is 4.19. The van der Waals surface area contributed by atoms with Crippen LogP contribution in [0.15, 0.2) is 24.3 Å². The van der Waals surface area contributed by atoms with Gasteiger partial charge in [-0.2, -0.15) is 11.8 Å². The molecule has 1 nitrogen and oxygen atoms in total. The summed E-state index contributed by atoms with van der Waals surface area (Å²) in [6.07, 6.45) is 0. The predicted molar refractivity (Wildman–Crippen MR) is 73.7 cm³/mol. The highest BCUT2D eigenvalue weighted by Crippen LogP contribution is 2.33. The van der Waals surface area contributed by atoms with Crippen LogP contribution in [0.2, 0.25) is 0 Å². The lowest BCUT2D eigenvalue weighted by Crippen LogP contribution is -2.31. The Bertz CT molecular complexity index is 389. The highest BCUT2D eigenvalue weighted by Gasteiger charge is 2.29. The number of aryl methyl sites for hydroxylation is 1. The van der Waals surface area contributed by atoms with E-state index in [-0.39, 0.29) is 5.25 Å². The molecule has 0 amide bonds. The molecule has 2 unspecified atom stereocenters. The fourth-order valence-corrected chi connectivity index (χ4v) is 4.61. The Morgan fingerprint density at radius 3 is 2.75 bits per heavy atom. The average Bonchev–Trinajstić information content (AvgIpc) is 2.29. The number of carbonyl (C=O) groups is 1. The van der Waals surface area contributed by atoms with Gasteiger partial charge >= 0.3 is 0 Å². The number of hydrogen-bond donors (Lipinski definition) is 0. The Balaban J connectivity index is 2.17. The summed E-state index contributed by atoms with van der Waals surface area (Å²) in [5.41, 5.74) is 2.03. The van der Waals surface area contributed by atoms with Crippen molar-refractivity contribution in [2.24, 2.45) is 0 Å². The van der Waals surface area contributed by atoms with E-state index in [4.69, 9.17) is 0 Å². The van der Waals surface area contributed by atoms with Crippen molar-refractivity contribution in [3.05, 3.63) is 35.4 Å². The first-order valence-electron chi connectivity index (χ1n) is 5.52. The molecule has 2 atom stereocenters. The molecule has 0 aliphatic carbocycles. The molecule has 0 saturated carbocycles. The Labute approximate surface area is 105 Å². The van der Waals surface area contributed by atoms with Crippen molar-refractivity contribution in [2.45, 2.75) is 24.3 Å². The lowest BCUT2D eigenvalue weighted by Gasteiger charge is -2.26. The van der Waals surface area contributed by atoms with Crippen molar-refractivity contribution < 1.29 is 4.79 Å². The molecule has 1 saturated heterocycles. The third-order valence-corrected chi connectivity index (χ3v) is 5.84. The molecule has 1 aliphatic rings. The molecule has 1 fully saturated rings. The van der Waals surface area contributed by atoms with Gasteiger partial charge in [-0.1, -0.05) is 30.7 Å². The SMILES string of the molecule is Cc1cccc(C(=O)C2SCCSC2C)c1. The Morgan fingerprint density at radius 2 is 2.06 bits per heavy atom. The molecule has 1 aromatic carbocycles. The quantitative estimate of drug-likeness (QED) is 0.751. The normalized spacial score (nSPS) is 25.4. The third-order valence-electron chi connectivity index (χ3n) is 2.75. The van der Waals surface area contributed by atoms with Gasteiger partial charge in [0, 0.05) is 22.3 Å². The van der Waals surface area contributed by atoms with Crippen LogP contribution in [-0.2, 0) is 0 Å².